The minimum absolute atomic E-state index is 0. The Morgan fingerprint density at radius 1 is 1.31 bits per heavy atom. The molecule has 0 radical (unpaired) electrons. The lowest BCUT2D eigenvalue weighted by Gasteiger charge is -2.45. The number of halogens is 1. The third-order valence-electron chi connectivity index (χ3n) is 6.58. The molecule has 1 saturated heterocycles. The maximum atomic E-state index is 12.3. The standard InChI is InChI=1S/C23H27NO3S.ClH/c1-4-19-14(2)11-23(26)21(15(3)27-22(23)25)20(19)8-7-18-6-5-16(12-24-18)17-9-10-28-13-17;/h5-10,12-15,19-21,26H,4,11H2,1-3H3;1H/b8-7+;/t14-,15+,19+,20-,21-,23-;/m0./s1. The van der Waals surface area contributed by atoms with Crippen molar-refractivity contribution in [1.82, 2.24) is 4.98 Å². The summed E-state index contributed by atoms with van der Waals surface area (Å²) in [5, 5.41) is 15.3. The van der Waals surface area contributed by atoms with Crippen molar-refractivity contribution in [2.45, 2.75) is 45.3 Å². The average molecular weight is 434 g/mol. The topological polar surface area (TPSA) is 59.4 Å². The SMILES string of the molecule is CC[C@H]1[C@H](/C=C/c2ccc(-c3ccsc3)cn2)[C@@H]2[C@@H](C)OC(=O)[C@]2(O)C[C@@H]1C.Cl. The molecule has 0 aromatic carbocycles. The van der Waals surface area contributed by atoms with Crippen LogP contribution in [0.1, 0.15) is 39.3 Å². The summed E-state index contributed by atoms with van der Waals surface area (Å²) < 4.78 is 5.45. The van der Waals surface area contributed by atoms with E-state index in [1.165, 1.54) is 5.56 Å². The first kappa shape index (κ1) is 22.0. The lowest BCUT2D eigenvalue weighted by atomic mass is 9.59. The number of hydrogen-bond acceptors (Lipinski definition) is 5. The molecule has 2 aliphatic rings. The highest BCUT2D eigenvalue weighted by Gasteiger charge is 2.62. The van der Waals surface area contributed by atoms with Crippen LogP contribution < -0.4 is 0 Å². The number of cyclic esters (lactones) is 1. The van der Waals surface area contributed by atoms with Crippen LogP contribution in [0.5, 0.6) is 0 Å². The molecule has 1 saturated carbocycles. The lowest BCUT2D eigenvalue weighted by Crippen LogP contribution is -2.53. The number of aromatic nitrogens is 1. The van der Waals surface area contributed by atoms with Crippen LogP contribution in [-0.4, -0.2) is 27.8 Å². The summed E-state index contributed by atoms with van der Waals surface area (Å²) in [6, 6.07) is 6.19. The third kappa shape index (κ3) is 3.88. The fraction of sp³-hybridized carbons (Fsp3) is 0.478. The molecule has 0 bridgehead atoms. The van der Waals surface area contributed by atoms with E-state index in [1.54, 1.807) is 11.3 Å². The van der Waals surface area contributed by atoms with E-state index in [9.17, 15) is 9.90 Å². The number of fused-ring (bicyclic) bond motifs is 1. The molecule has 1 aliphatic heterocycles. The second kappa shape index (κ2) is 8.58. The molecule has 4 nitrogen and oxygen atoms in total. The summed E-state index contributed by atoms with van der Waals surface area (Å²) in [6.45, 7) is 6.22. The van der Waals surface area contributed by atoms with Gasteiger partial charge in [0.25, 0.3) is 0 Å². The van der Waals surface area contributed by atoms with Crippen molar-refractivity contribution in [3.05, 3.63) is 46.9 Å². The monoisotopic (exact) mass is 433 g/mol. The summed E-state index contributed by atoms with van der Waals surface area (Å²) in [4.78, 5) is 16.9. The quantitative estimate of drug-likeness (QED) is 0.671. The van der Waals surface area contributed by atoms with Gasteiger partial charge in [-0.2, -0.15) is 11.3 Å². The molecule has 1 aliphatic carbocycles. The van der Waals surface area contributed by atoms with Gasteiger partial charge >= 0.3 is 5.97 Å². The second-order valence-corrected chi connectivity index (χ2v) is 9.01. The number of carbonyl (C=O) groups is 1. The van der Waals surface area contributed by atoms with E-state index in [1.807, 2.05) is 25.3 Å². The Kier molecular flexibility index (Phi) is 6.51. The fourth-order valence-corrected chi connectivity index (χ4v) is 5.92. The minimum atomic E-state index is -1.37. The summed E-state index contributed by atoms with van der Waals surface area (Å²) in [6.07, 6.45) is 7.28. The first-order valence-corrected chi connectivity index (χ1v) is 11.0. The minimum Gasteiger partial charge on any atom is -0.460 e. The number of rotatable bonds is 4. The molecular formula is C23H28ClNO3S. The van der Waals surface area contributed by atoms with Crippen molar-refractivity contribution in [2.24, 2.45) is 23.7 Å². The first-order chi connectivity index (χ1) is 13.4. The van der Waals surface area contributed by atoms with Gasteiger partial charge in [0, 0.05) is 17.7 Å². The number of nitrogens with zero attached hydrogens (tertiary/aromatic N) is 1. The van der Waals surface area contributed by atoms with Gasteiger partial charge in [0.05, 0.1) is 5.69 Å². The third-order valence-corrected chi connectivity index (χ3v) is 7.26. The number of aliphatic hydroxyl groups is 1. The van der Waals surface area contributed by atoms with E-state index in [4.69, 9.17) is 4.74 Å². The summed E-state index contributed by atoms with van der Waals surface area (Å²) in [5.74, 6) is 0.0836. The highest BCUT2D eigenvalue weighted by Crippen LogP contribution is 2.52. The van der Waals surface area contributed by atoms with Crippen LogP contribution in [0.15, 0.2) is 41.2 Å². The molecule has 6 atom stereocenters. The Morgan fingerprint density at radius 2 is 2.10 bits per heavy atom. The van der Waals surface area contributed by atoms with Gasteiger partial charge in [0.1, 0.15) is 6.10 Å². The second-order valence-electron chi connectivity index (χ2n) is 8.23. The number of hydrogen-bond donors (Lipinski definition) is 1. The summed E-state index contributed by atoms with van der Waals surface area (Å²) in [5.41, 5.74) is 1.80. The molecule has 4 rings (SSSR count). The van der Waals surface area contributed by atoms with Gasteiger partial charge in [0.2, 0.25) is 0 Å². The maximum Gasteiger partial charge on any atom is 0.338 e. The number of ether oxygens (including phenoxy) is 1. The molecule has 3 heterocycles. The van der Waals surface area contributed by atoms with E-state index in [0.29, 0.717) is 12.3 Å². The molecule has 2 aromatic heterocycles. The zero-order chi connectivity index (χ0) is 19.9. The van der Waals surface area contributed by atoms with Crippen molar-refractivity contribution in [3.8, 4) is 11.1 Å². The Morgan fingerprint density at radius 3 is 2.72 bits per heavy atom. The maximum absolute atomic E-state index is 12.3. The van der Waals surface area contributed by atoms with Gasteiger partial charge < -0.3 is 9.84 Å². The molecule has 29 heavy (non-hydrogen) atoms. The van der Waals surface area contributed by atoms with Gasteiger partial charge in [-0.1, -0.05) is 32.4 Å². The number of esters is 1. The van der Waals surface area contributed by atoms with Gasteiger partial charge in [-0.3, -0.25) is 4.98 Å². The van der Waals surface area contributed by atoms with Crippen LogP contribution in [0.3, 0.4) is 0 Å². The molecule has 2 aromatic rings. The lowest BCUT2D eigenvalue weighted by molar-refractivity contribution is -0.160. The molecule has 2 fully saturated rings. The van der Waals surface area contributed by atoms with Crippen molar-refractivity contribution in [1.29, 1.82) is 0 Å². The Balaban J connectivity index is 0.00000240. The Hall–Kier alpha value is -1.69. The summed E-state index contributed by atoms with van der Waals surface area (Å²) >= 11 is 1.67. The molecular weight excluding hydrogens is 406 g/mol. The highest BCUT2D eigenvalue weighted by atomic mass is 35.5. The predicted octanol–water partition coefficient (Wildman–Crippen LogP) is 5.22. The Bertz CT molecular complexity index is 867. The van der Waals surface area contributed by atoms with Crippen molar-refractivity contribution in [3.63, 3.8) is 0 Å². The van der Waals surface area contributed by atoms with Crippen LogP contribution in [0.25, 0.3) is 17.2 Å². The average Bonchev–Trinajstić information content (AvgIpc) is 3.27. The highest BCUT2D eigenvalue weighted by molar-refractivity contribution is 7.08. The first-order valence-electron chi connectivity index (χ1n) is 10.0. The van der Waals surface area contributed by atoms with Crippen molar-refractivity contribution < 1.29 is 14.6 Å². The largest absolute Gasteiger partial charge is 0.460 e. The van der Waals surface area contributed by atoms with Crippen LogP contribution >= 0.6 is 23.7 Å². The summed E-state index contributed by atoms with van der Waals surface area (Å²) in [7, 11) is 0. The number of carbonyl (C=O) groups excluding carboxylic acids is 1. The zero-order valence-corrected chi connectivity index (χ0v) is 18.6. The van der Waals surface area contributed by atoms with Crippen LogP contribution in [0, 0.1) is 23.7 Å². The van der Waals surface area contributed by atoms with Crippen LogP contribution in [-0.2, 0) is 9.53 Å². The van der Waals surface area contributed by atoms with E-state index in [-0.39, 0.29) is 36.3 Å². The van der Waals surface area contributed by atoms with Gasteiger partial charge in [-0.05, 0) is 65.6 Å². The van der Waals surface area contributed by atoms with Gasteiger partial charge in [-0.25, -0.2) is 4.79 Å². The van der Waals surface area contributed by atoms with Crippen LogP contribution in [0.4, 0.5) is 0 Å². The number of thiophene rings is 1. The Labute approximate surface area is 182 Å². The van der Waals surface area contributed by atoms with Crippen molar-refractivity contribution in [2.75, 3.05) is 0 Å². The molecule has 156 valence electrons. The van der Waals surface area contributed by atoms with E-state index in [0.717, 1.165) is 17.7 Å². The van der Waals surface area contributed by atoms with E-state index < -0.39 is 11.6 Å². The van der Waals surface area contributed by atoms with Gasteiger partial charge in [0.15, 0.2) is 5.60 Å². The molecule has 6 heteroatoms. The predicted molar refractivity (Wildman–Crippen MR) is 119 cm³/mol. The molecule has 0 spiro atoms. The fourth-order valence-electron chi connectivity index (χ4n) is 5.26. The number of pyridine rings is 1. The molecule has 1 N–H and O–H groups in total. The van der Waals surface area contributed by atoms with Crippen molar-refractivity contribution >= 4 is 35.8 Å². The number of allylic oxidation sites excluding steroid dienone is 1. The van der Waals surface area contributed by atoms with E-state index >= 15 is 0 Å². The van der Waals surface area contributed by atoms with Gasteiger partial charge in [-0.15, -0.1) is 12.4 Å². The normalized spacial score (nSPS) is 33.9. The van der Waals surface area contributed by atoms with E-state index in [2.05, 4.69) is 47.8 Å². The smallest absolute Gasteiger partial charge is 0.338 e. The van der Waals surface area contributed by atoms with Crippen LogP contribution in [0.2, 0.25) is 0 Å². The zero-order valence-electron chi connectivity index (χ0n) is 16.9. The molecule has 0 unspecified atom stereocenters. The molecule has 0 amide bonds.